The van der Waals surface area contributed by atoms with Crippen LogP contribution in [0.4, 0.5) is 0 Å². The van der Waals surface area contributed by atoms with Gasteiger partial charge in [-0.2, -0.15) is 0 Å². The molecule has 32 heavy (non-hydrogen) atoms. The van der Waals surface area contributed by atoms with Crippen LogP contribution < -0.4 is 4.74 Å². The minimum absolute atomic E-state index is 0.426. The maximum absolute atomic E-state index is 13.6. The first-order valence-corrected chi connectivity index (χ1v) is 12.0. The van der Waals surface area contributed by atoms with Crippen LogP contribution in [0.5, 0.6) is 5.88 Å². The SMILES string of the molecule is Cc1ccc(CC(C)(C)C(=O)O)cc1CN1CC2(CCOCC2)Oc2ncccc2S1=O. The van der Waals surface area contributed by atoms with E-state index >= 15 is 0 Å². The summed E-state index contributed by atoms with van der Waals surface area (Å²) in [4.78, 5) is 16.5. The number of carbonyl (C=O) groups is 1. The Labute approximate surface area is 191 Å². The average molecular weight is 459 g/mol. The normalized spacial score (nSPS) is 20.9. The number of ether oxygens (including phenoxy) is 2. The fourth-order valence-electron chi connectivity index (χ4n) is 4.24. The van der Waals surface area contributed by atoms with Crippen LogP contribution in [0, 0.1) is 12.3 Å². The zero-order valence-corrected chi connectivity index (χ0v) is 19.6. The number of aromatic nitrogens is 1. The molecule has 0 saturated carbocycles. The highest BCUT2D eigenvalue weighted by atomic mass is 32.2. The first kappa shape index (κ1) is 22.9. The van der Waals surface area contributed by atoms with E-state index in [-0.39, 0.29) is 0 Å². The highest BCUT2D eigenvalue weighted by Crippen LogP contribution is 2.36. The smallest absolute Gasteiger partial charge is 0.309 e. The van der Waals surface area contributed by atoms with Crippen molar-refractivity contribution in [3.8, 4) is 5.88 Å². The number of aryl methyl sites for hydroxylation is 1. The number of pyridine rings is 1. The predicted molar refractivity (Wildman–Crippen MR) is 121 cm³/mol. The second-order valence-corrected chi connectivity index (χ2v) is 10.8. The van der Waals surface area contributed by atoms with Crippen LogP contribution in [-0.4, -0.2) is 49.9 Å². The van der Waals surface area contributed by atoms with E-state index < -0.39 is 28.0 Å². The lowest BCUT2D eigenvalue weighted by molar-refractivity contribution is -0.146. The summed E-state index contributed by atoms with van der Waals surface area (Å²) in [6.07, 6.45) is 3.51. The molecule has 4 rings (SSSR count). The van der Waals surface area contributed by atoms with E-state index in [4.69, 9.17) is 9.47 Å². The van der Waals surface area contributed by atoms with Gasteiger partial charge in [-0.1, -0.05) is 18.2 Å². The molecule has 1 aromatic carbocycles. The van der Waals surface area contributed by atoms with Crippen LogP contribution in [0.25, 0.3) is 0 Å². The van der Waals surface area contributed by atoms with Crippen molar-refractivity contribution in [2.24, 2.45) is 5.41 Å². The lowest BCUT2D eigenvalue weighted by Gasteiger charge is -2.38. The molecule has 1 aromatic heterocycles. The summed E-state index contributed by atoms with van der Waals surface area (Å²) in [5.74, 6) is -0.389. The van der Waals surface area contributed by atoms with Crippen LogP contribution >= 0.6 is 0 Å². The molecule has 0 aliphatic carbocycles. The van der Waals surface area contributed by atoms with Gasteiger partial charge in [0.25, 0.3) is 0 Å². The fourth-order valence-corrected chi connectivity index (χ4v) is 5.57. The Kier molecular flexibility index (Phi) is 6.38. The fraction of sp³-hybridized carbons (Fsp3) is 0.500. The molecule has 2 aromatic rings. The van der Waals surface area contributed by atoms with Gasteiger partial charge in [-0.05, 0) is 56.0 Å². The van der Waals surface area contributed by atoms with E-state index in [0.29, 0.717) is 56.3 Å². The minimum atomic E-state index is -1.43. The quantitative estimate of drug-likeness (QED) is 0.738. The first-order chi connectivity index (χ1) is 15.2. The Bertz CT molecular complexity index is 1030. The van der Waals surface area contributed by atoms with Crippen LogP contribution in [0.2, 0.25) is 0 Å². The number of aliphatic carboxylic acids is 1. The molecule has 1 unspecified atom stereocenters. The Balaban J connectivity index is 1.66. The van der Waals surface area contributed by atoms with Crippen LogP contribution in [-0.2, 0) is 33.5 Å². The van der Waals surface area contributed by atoms with E-state index in [1.54, 1.807) is 26.1 Å². The van der Waals surface area contributed by atoms with Gasteiger partial charge in [-0.25, -0.2) is 13.5 Å². The minimum Gasteiger partial charge on any atom is -0.481 e. The molecule has 1 saturated heterocycles. The topological polar surface area (TPSA) is 89.0 Å². The highest BCUT2D eigenvalue weighted by Gasteiger charge is 2.42. The molecule has 1 fully saturated rings. The predicted octanol–water partition coefficient (Wildman–Crippen LogP) is 3.51. The van der Waals surface area contributed by atoms with Crippen molar-refractivity contribution < 1.29 is 23.6 Å². The third-order valence-electron chi connectivity index (χ3n) is 6.33. The van der Waals surface area contributed by atoms with Crippen molar-refractivity contribution >= 4 is 17.0 Å². The van der Waals surface area contributed by atoms with Gasteiger partial charge in [-0.3, -0.25) is 4.79 Å². The van der Waals surface area contributed by atoms with Crippen LogP contribution in [0.3, 0.4) is 0 Å². The molecule has 0 bridgehead atoms. The molecule has 8 heteroatoms. The second kappa shape index (κ2) is 8.92. The number of benzene rings is 1. The summed E-state index contributed by atoms with van der Waals surface area (Å²) in [5, 5.41) is 9.51. The number of rotatable bonds is 5. The molecule has 172 valence electrons. The summed E-state index contributed by atoms with van der Waals surface area (Å²) in [6, 6.07) is 9.62. The molecule has 1 spiro atoms. The van der Waals surface area contributed by atoms with Crippen molar-refractivity contribution in [3.63, 3.8) is 0 Å². The molecule has 3 heterocycles. The Morgan fingerprint density at radius 2 is 2.03 bits per heavy atom. The summed E-state index contributed by atoms with van der Waals surface area (Å²) < 4.78 is 27.5. The first-order valence-electron chi connectivity index (χ1n) is 10.9. The highest BCUT2D eigenvalue weighted by molar-refractivity contribution is 7.82. The van der Waals surface area contributed by atoms with Gasteiger partial charge in [0.05, 0.1) is 25.2 Å². The Morgan fingerprint density at radius 3 is 2.75 bits per heavy atom. The third-order valence-corrected chi connectivity index (χ3v) is 7.74. The van der Waals surface area contributed by atoms with Crippen LogP contribution in [0.1, 0.15) is 43.4 Å². The molecule has 1 N–H and O–H groups in total. The van der Waals surface area contributed by atoms with Gasteiger partial charge >= 0.3 is 5.97 Å². The second-order valence-electron chi connectivity index (χ2n) is 9.38. The van der Waals surface area contributed by atoms with Crippen LogP contribution in [0.15, 0.2) is 41.4 Å². The van der Waals surface area contributed by atoms with E-state index in [0.717, 1.165) is 16.7 Å². The number of hydrogen-bond donors (Lipinski definition) is 1. The van der Waals surface area contributed by atoms with Crippen molar-refractivity contribution in [1.82, 2.24) is 9.29 Å². The molecular weight excluding hydrogens is 428 g/mol. The maximum atomic E-state index is 13.6. The van der Waals surface area contributed by atoms with E-state index in [1.165, 1.54) is 0 Å². The monoisotopic (exact) mass is 458 g/mol. The Morgan fingerprint density at radius 1 is 1.28 bits per heavy atom. The van der Waals surface area contributed by atoms with Gasteiger partial charge in [0, 0.05) is 25.6 Å². The largest absolute Gasteiger partial charge is 0.481 e. The van der Waals surface area contributed by atoms with E-state index in [2.05, 4.69) is 4.98 Å². The number of carboxylic acids is 1. The van der Waals surface area contributed by atoms with Gasteiger partial charge in [-0.15, -0.1) is 0 Å². The molecule has 7 nitrogen and oxygen atoms in total. The van der Waals surface area contributed by atoms with Crippen molar-refractivity contribution in [1.29, 1.82) is 0 Å². The zero-order chi connectivity index (χ0) is 22.9. The number of hydrogen-bond acceptors (Lipinski definition) is 5. The molecular formula is C24H30N2O5S. The molecule has 0 amide bonds. The molecule has 1 atom stereocenters. The van der Waals surface area contributed by atoms with Gasteiger partial charge in [0.2, 0.25) is 5.88 Å². The van der Waals surface area contributed by atoms with Crippen molar-refractivity contribution in [2.75, 3.05) is 19.8 Å². The molecule has 2 aliphatic rings. The standard InChI is InChI=1S/C24H30N2O5S/c1-17-6-7-18(14-23(2,3)22(27)28)13-19(17)15-26-16-24(8-11-30-12-9-24)31-21-20(32(26)29)5-4-10-25-21/h4-7,10,13H,8-9,11-12,14-16H2,1-3H3,(H,27,28). The lowest BCUT2D eigenvalue weighted by Crippen LogP contribution is -2.49. The van der Waals surface area contributed by atoms with Gasteiger partial charge < -0.3 is 14.6 Å². The number of carboxylic acid groups (broad SMARTS) is 1. The average Bonchev–Trinajstić information content (AvgIpc) is 2.86. The summed E-state index contributed by atoms with van der Waals surface area (Å²) >= 11 is 0. The maximum Gasteiger partial charge on any atom is 0.309 e. The summed E-state index contributed by atoms with van der Waals surface area (Å²) in [7, 11) is -1.43. The number of nitrogens with zero attached hydrogens (tertiary/aromatic N) is 2. The molecule has 0 radical (unpaired) electrons. The van der Waals surface area contributed by atoms with Gasteiger partial charge in [0.15, 0.2) is 0 Å². The van der Waals surface area contributed by atoms with E-state index in [1.807, 2.05) is 35.5 Å². The molecule has 2 aliphatic heterocycles. The Hall–Kier alpha value is -2.29. The third kappa shape index (κ3) is 4.72. The number of fused-ring (bicyclic) bond motifs is 1. The van der Waals surface area contributed by atoms with Gasteiger partial charge in [0.1, 0.15) is 21.5 Å². The summed E-state index contributed by atoms with van der Waals surface area (Å²) in [6.45, 7) is 7.66. The van der Waals surface area contributed by atoms with Crippen molar-refractivity contribution in [3.05, 3.63) is 53.2 Å². The lowest BCUT2D eigenvalue weighted by atomic mass is 9.85. The van der Waals surface area contributed by atoms with Crippen molar-refractivity contribution in [2.45, 2.75) is 57.1 Å². The summed E-state index contributed by atoms with van der Waals surface area (Å²) in [5.41, 5.74) is 1.72. The van der Waals surface area contributed by atoms with E-state index in [9.17, 15) is 14.1 Å². The zero-order valence-electron chi connectivity index (χ0n) is 18.8.